The number of carbonyl (C=O) groups is 1. The molecule has 0 bridgehead atoms. The van der Waals surface area contributed by atoms with Crippen LogP contribution in [-0.4, -0.2) is 60.0 Å². The number of hydrogen-bond donors (Lipinski definition) is 1. The molecule has 2 heterocycles. The van der Waals surface area contributed by atoms with Crippen LogP contribution in [0, 0.1) is 6.92 Å². The Kier molecular flexibility index (Phi) is 9.82. The summed E-state index contributed by atoms with van der Waals surface area (Å²) in [6.07, 6.45) is 0.894. The number of amides is 1. The third kappa shape index (κ3) is 6.94. The molecule has 1 N–H and O–H groups in total. The van der Waals surface area contributed by atoms with E-state index in [2.05, 4.69) is 38.9 Å². The average molecular weight is 487 g/mol. The number of aromatic nitrogens is 2. The number of anilines is 1. The van der Waals surface area contributed by atoms with Crippen molar-refractivity contribution in [3.63, 3.8) is 0 Å². The van der Waals surface area contributed by atoms with Gasteiger partial charge in [-0.15, -0.1) is 12.4 Å². The molecule has 0 radical (unpaired) electrons. The SMILES string of the molecule is Cc1nc(C(=O)NCCCN2CCN(c3cccc(Cl)c3Cl)CC2)cc(C(C)C)n1.Cl. The third-order valence-corrected chi connectivity index (χ3v) is 6.07. The van der Waals surface area contributed by atoms with E-state index < -0.39 is 0 Å². The van der Waals surface area contributed by atoms with E-state index in [1.165, 1.54) is 0 Å². The molecule has 0 spiro atoms. The van der Waals surface area contributed by atoms with Crippen molar-refractivity contribution in [3.05, 3.63) is 51.5 Å². The van der Waals surface area contributed by atoms with Crippen LogP contribution in [0.15, 0.2) is 24.3 Å². The Morgan fingerprint density at radius 1 is 1.16 bits per heavy atom. The second-order valence-corrected chi connectivity index (χ2v) is 8.68. The van der Waals surface area contributed by atoms with E-state index in [0.717, 1.165) is 50.5 Å². The molecule has 0 saturated carbocycles. The maximum Gasteiger partial charge on any atom is 0.270 e. The fourth-order valence-corrected chi connectivity index (χ4v) is 3.96. The van der Waals surface area contributed by atoms with Gasteiger partial charge in [0.15, 0.2) is 0 Å². The molecule has 6 nitrogen and oxygen atoms in total. The number of benzene rings is 1. The molecular weight excluding hydrogens is 457 g/mol. The maximum absolute atomic E-state index is 12.4. The molecule has 1 aliphatic heterocycles. The summed E-state index contributed by atoms with van der Waals surface area (Å²) in [4.78, 5) is 25.8. The zero-order chi connectivity index (χ0) is 21.7. The van der Waals surface area contributed by atoms with E-state index in [1.54, 1.807) is 6.07 Å². The van der Waals surface area contributed by atoms with Gasteiger partial charge in [0.05, 0.1) is 15.7 Å². The summed E-state index contributed by atoms with van der Waals surface area (Å²) in [5.74, 6) is 0.755. The largest absolute Gasteiger partial charge is 0.368 e. The normalized spacial score (nSPS) is 14.5. The van der Waals surface area contributed by atoms with E-state index in [9.17, 15) is 4.79 Å². The first-order valence-corrected chi connectivity index (χ1v) is 11.2. The summed E-state index contributed by atoms with van der Waals surface area (Å²) < 4.78 is 0. The lowest BCUT2D eigenvalue weighted by Gasteiger charge is -2.36. The molecule has 2 aromatic rings. The first-order chi connectivity index (χ1) is 14.3. The van der Waals surface area contributed by atoms with Crippen LogP contribution in [-0.2, 0) is 0 Å². The van der Waals surface area contributed by atoms with Gasteiger partial charge in [0.2, 0.25) is 0 Å². The van der Waals surface area contributed by atoms with Gasteiger partial charge in [-0.25, -0.2) is 9.97 Å². The molecule has 1 fully saturated rings. The minimum Gasteiger partial charge on any atom is -0.368 e. The smallest absolute Gasteiger partial charge is 0.270 e. The van der Waals surface area contributed by atoms with Gasteiger partial charge in [0.1, 0.15) is 11.5 Å². The molecule has 170 valence electrons. The third-order valence-electron chi connectivity index (χ3n) is 5.26. The predicted molar refractivity (Wildman–Crippen MR) is 130 cm³/mol. The second-order valence-electron chi connectivity index (χ2n) is 7.89. The standard InChI is InChI=1S/C22H29Cl2N5O.ClH/c1-15(2)18-14-19(27-16(3)26-18)22(30)25-8-5-9-28-10-12-29(13-11-28)20-7-4-6-17(23)21(20)24;/h4,6-7,14-15H,5,8-13H2,1-3H3,(H,25,30);1H. The number of nitrogens with one attached hydrogen (secondary N) is 1. The van der Waals surface area contributed by atoms with Crippen LogP contribution in [0.5, 0.6) is 0 Å². The van der Waals surface area contributed by atoms with Gasteiger partial charge in [-0.1, -0.05) is 43.1 Å². The zero-order valence-corrected chi connectivity index (χ0v) is 20.5. The Balaban J connectivity index is 0.00000341. The van der Waals surface area contributed by atoms with Crippen molar-refractivity contribution >= 4 is 47.2 Å². The monoisotopic (exact) mass is 485 g/mol. The van der Waals surface area contributed by atoms with Crippen molar-refractivity contribution < 1.29 is 4.79 Å². The number of piperazine rings is 1. The first kappa shape index (κ1) is 25.7. The lowest BCUT2D eigenvalue weighted by atomic mass is 10.1. The summed E-state index contributed by atoms with van der Waals surface area (Å²) in [6, 6.07) is 7.54. The second kappa shape index (κ2) is 11.9. The lowest BCUT2D eigenvalue weighted by molar-refractivity contribution is 0.0946. The van der Waals surface area contributed by atoms with Crippen LogP contribution in [0.25, 0.3) is 0 Å². The molecular formula is C22H30Cl3N5O. The number of hydrogen-bond acceptors (Lipinski definition) is 5. The summed E-state index contributed by atoms with van der Waals surface area (Å²) in [6.45, 7) is 11.2. The number of nitrogens with zero attached hydrogens (tertiary/aromatic N) is 4. The topological polar surface area (TPSA) is 61.4 Å². The first-order valence-electron chi connectivity index (χ1n) is 10.4. The number of carbonyl (C=O) groups excluding carboxylic acids is 1. The van der Waals surface area contributed by atoms with Crippen molar-refractivity contribution in [2.24, 2.45) is 0 Å². The molecule has 1 amide bonds. The fraction of sp³-hybridized carbons (Fsp3) is 0.500. The summed E-state index contributed by atoms with van der Waals surface area (Å²) >= 11 is 12.5. The van der Waals surface area contributed by atoms with E-state index in [0.29, 0.717) is 28.1 Å². The van der Waals surface area contributed by atoms with Gasteiger partial charge in [-0.3, -0.25) is 9.69 Å². The Labute approximate surface area is 200 Å². The molecule has 0 aliphatic carbocycles. The van der Waals surface area contributed by atoms with Crippen molar-refractivity contribution in [1.29, 1.82) is 0 Å². The van der Waals surface area contributed by atoms with E-state index in [4.69, 9.17) is 23.2 Å². The Morgan fingerprint density at radius 3 is 2.55 bits per heavy atom. The molecule has 0 atom stereocenters. The van der Waals surface area contributed by atoms with Crippen molar-refractivity contribution in [2.45, 2.75) is 33.1 Å². The Hall–Kier alpha value is -1.60. The van der Waals surface area contributed by atoms with E-state index in [-0.39, 0.29) is 24.2 Å². The molecule has 3 rings (SSSR count). The van der Waals surface area contributed by atoms with E-state index >= 15 is 0 Å². The van der Waals surface area contributed by atoms with Gasteiger partial charge in [0, 0.05) is 38.4 Å². The molecule has 1 aromatic heterocycles. The minimum atomic E-state index is -0.136. The molecule has 0 unspecified atom stereocenters. The van der Waals surface area contributed by atoms with Crippen LogP contribution < -0.4 is 10.2 Å². The summed E-state index contributed by atoms with van der Waals surface area (Å²) in [5.41, 5.74) is 2.33. The van der Waals surface area contributed by atoms with Crippen LogP contribution in [0.2, 0.25) is 10.0 Å². The quantitative estimate of drug-likeness (QED) is 0.581. The average Bonchev–Trinajstić information content (AvgIpc) is 2.73. The molecule has 1 aromatic carbocycles. The highest BCUT2D eigenvalue weighted by Crippen LogP contribution is 2.32. The number of halogens is 3. The highest BCUT2D eigenvalue weighted by molar-refractivity contribution is 6.43. The summed E-state index contributed by atoms with van der Waals surface area (Å²) in [5, 5.41) is 4.19. The lowest BCUT2D eigenvalue weighted by Crippen LogP contribution is -2.47. The van der Waals surface area contributed by atoms with Crippen LogP contribution in [0.3, 0.4) is 0 Å². The van der Waals surface area contributed by atoms with Gasteiger partial charge < -0.3 is 10.2 Å². The highest BCUT2D eigenvalue weighted by Gasteiger charge is 2.19. The minimum absolute atomic E-state index is 0. The number of aryl methyl sites for hydroxylation is 1. The van der Waals surface area contributed by atoms with Crippen LogP contribution in [0.1, 0.15) is 48.2 Å². The number of rotatable bonds is 7. The van der Waals surface area contributed by atoms with Crippen molar-refractivity contribution in [3.8, 4) is 0 Å². The van der Waals surface area contributed by atoms with E-state index in [1.807, 2.05) is 25.1 Å². The molecule has 9 heteroatoms. The van der Waals surface area contributed by atoms with Gasteiger partial charge in [-0.2, -0.15) is 0 Å². The van der Waals surface area contributed by atoms with Gasteiger partial charge >= 0.3 is 0 Å². The Bertz CT molecular complexity index is 885. The zero-order valence-electron chi connectivity index (χ0n) is 18.2. The molecule has 31 heavy (non-hydrogen) atoms. The predicted octanol–water partition coefficient (Wildman–Crippen LogP) is 4.58. The van der Waals surface area contributed by atoms with Gasteiger partial charge in [0.25, 0.3) is 5.91 Å². The van der Waals surface area contributed by atoms with Crippen molar-refractivity contribution in [1.82, 2.24) is 20.2 Å². The van der Waals surface area contributed by atoms with Crippen LogP contribution >= 0.6 is 35.6 Å². The fourth-order valence-electron chi connectivity index (χ4n) is 3.55. The van der Waals surface area contributed by atoms with Gasteiger partial charge in [-0.05, 0) is 44.0 Å². The van der Waals surface area contributed by atoms with Crippen molar-refractivity contribution in [2.75, 3.05) is 44.2 Å². The molecule has 1 aliphatic rings. The Morgan fingerprint density at radius 2 is 1.87 bits per heavy atom. The maximum atomic E-state index is 12.4. The molecule has 1 saturated heterocycles. The summed E-state index contributed by atoms with van der Waals surface area (Å²) in [7, 11) is 0. The highest BCUT2D eigenvalue weighted by atomic mass is 35.5. The van der Waals surface area contributed by atoms with Crippen LogP contribution in [0.4, 0.5) is 5.69 Å².